The zero-order valence-corrected chi connectivity index (χ0v) is 21.7. The maximum Gasteiger partial charge on any atom is 0.251 e. The molecule has 8 heteroatoms. The average molecular weight is 515 g/mol. The number of aryl methyl sites for hydroxylation is 1. The van der Waals surface area contributed by atoms with Crippen molar-refractivity contribution in [3.63, 3.8) is 0 Å². The number of anilines is 1. The van der Waals surface area contributed by atoms with Crippen LogP contribution in [0.1, 0.15) is 26.8 Å². The Morgan fingerprint density at radius 1 is 0.946 bits per heavy atom. The molecule has 0 saturated carbocycles. The van der Waals surface area contributed by atoms with Crippen molar-refractivity contribution in [3.8, 4) is 17.0 Å². The van der Waals surface area contributed by atoms with E-state index in [4.69, 9.17) is 4.74 Å². The van der Waals surface area contributed by atoms with Gasteiger partial charge in [0.1, 0.15) is 5.75 Å². The third kappa shape index (κ3) is 7.17. The molecule has 190 valence electrons. The number of carbonyl (C=O) groups excluding carboxylic acids is 2. The van der Waals surface area contributed by atoms with Crippen LogP contribution in [0.15, 0.2) is 84.2 Å². The first-order valence-corrected chi connectivity index (χ1v) is 12.9. The van der Waals surface area contributed by atoms with Crippen molar-refractivity contribution >= 4 is 28.8 Å². The van der Waals surface area contributed by atoms with Crippen molar-refractivity contribution < 1.29 is 14.3 Å². The predicted molar refractivity (Wildman–Crippen MR) is 148 cm³/mol. The molecule has 0 radical (unpaired) electrons. The van der Waals surface area contributed by atoms with Crippen molar-refractivity contribution in [1.82, 2.24) is 15.6 Å². The van der Waals surface area contributed by atoms with Gasteiger partial charge in [0, 0.05) is 41.8 Å². The van der Waals surface area contributed by atoms with Crippen molar-refractivity contribution in [2.45, 2.75) is 12.8 Å². The number of nitrogens with zero attached hydrogens (tertiary/aromatic N) is 1. The smallest absolute Gasteiger partial charge is 0.251 e. The summed E-state index contributed by atoms with van der Waals surface area (Å²) in [5.74, 6) is -0.106. The average Bonchev–Trinajstić information content (AvgIpc) is 3.38. The molecular formula is C29H30N4O3S. The van der Waals surface area contributed by atoms with E-state index < -0.39 is 5.92 Å². The van der Waals surface area contributed by atoms with Gasteiger partial charge < -0.3 is 20.7 Å². The van der Waals surface area contributed by atoms with E-state index in [1.54, 1.807) is 24.5 Å². The van der Waals surface area contributed by atoms with Gasteiger partial charge in [-0.3, -0.25) is 9.59 Å². The van der Waals surface area contributed by atoms with Gasteiger partial charge in [-0.05, 0) is 48.9 Å². The van der Waals surface area contributed by atoms with Gasteiger partial charge in [0.05, 0.1) is 23.7 Å². The lowest BCUT2D eigenvalue weighted by Gasteiger charge is -2.18. The Bertz CT molecular complexity index is 1320. The van der Waals surface area contributed by atoms with Crippen LogP contribution in [0, 0.1) is 6.92 Å². The summed E-state index contributed by atoms with van der Waals surface area (Å²) >= 11 is 1.57. The summed E-state index contributed by atoms with van der Waals surface area (Å²) < 4.78 is 5.17. The number of thiazole rings is 1. The summed E-state index contributed by atoms with van der Waals surface area (Å²) in [5, 5.41) is 12.2. The molecule has 1 atom stereocenters. The number of hydrogen-bond donors (Lipinski definition) is 3. The van der Waals surface area contributed by atoms with E-state index in [0.29, 0.717) is 18.7 Å². The van der Waals surface area contributed by atoms with E-state index in [-0.39, 0.29) is 18.4 Å². The minimum atomic E-state index is -0.518. The molecule has 37 heavy (non-hydrogen) atoms. The van der Waals surface area contributed by atoms with Gasteiger partial charge in [0.15, 0.2) is 0 Å². The van der Waals surface area contributed by atoms with Crippen LogP contribution in [0.3, 0.4) is 0 Å². The molecule has 4 aromatic rings. The number of nitrogens with one attached hydrogen (secondary N) is 3. The molecular weight excluding hydrogens is 484 g/mol. The van der Waals surface area contributed by atoms with Crippen molar-refractivity contribution in [2.24, 2.45) is 0 Å². The Morgan fingerprint density at radius 3 is 2.43 bits per heavy atom. The van der Waals surface area contributed by atoms with E-state index in [9.17, 15) is 9.59 Å². The highest BCUT2D eigenvalue weighted by molar-refractivity contribution is 7.09. The summed E-state index contributed by atoms with van der Waals surface area (Å²) in [6, 6.07) is 24.5. The first kappa shape index (κ1) is 25.9. The molecule has 1 heterocycles. The number of methoxy groups -OCH3 is 1. The maximum atomic E-state index is 13.1. The number of amides is 2. The van der Waals surface area contributed by atoms with Crippen LogP contribution in [0.2, 0.25) is 0 Å². The molecule has 0 aliphatic carbocycles. The van der Waals surface area contributed by atoms with Gasteiger partial charge in [-0.15, -0.1) is 11.3 Å². The Balaban J connectivity index is 1.35. The fourth-order valence-electron chi connectivity index (χ4n) is 3.88. The zero-order chi connectivity index (χ0) is 26.0. The second-order valence-corrected chi connectivity index (χ2v) is 9.51. The van der Waals surface area contributed by atoms with Crippen LogP contribution in [0.25, 0.3) is 11.3 Å². The Kier molecular flexibility index (Phi) is 8.89. The lowest BCUT2D eigenvalue weighted by atomic mass is 9.98. The lowest BCUT2D eigenvalue weighted by molar-refractivity contribution is -0.122. The van der Waals surface area contributed by atoms with Crippen LogP contribution in [0.5, 0.6) is 5.75 Å². The molecule has 0 saturated heterocycles. The zero-order valence-electron chi connectivity index (χ0n) is 20.9. The molecule has 3 N–H and O–H groups in total. The standard InChI is InChI=1S/C29H30N4O3S/c1-20-33-27(19-37-20)22-9-6-10-23(17-22)28(34)32-18-26(21-7-4-3-5-8-21)29(35)31-16-15-30-24-11-13-25(36-2)14-12-24/h3-14,17,19,26,30H,15-16,18H2,1-2H3,(H,31,35)(H,32,34). The molecule has 2 amide bonds. The third-order valence-electron chi connectivity index (χ3n) is 5.87. The van der Waals surface area contributed by atoms with E-state index >= 15 is 0 Å². The van der Waals surface area contributed by atoms with Crippen molar-refractivity contribution in [1.29, 1.82) is 0 Å². The van der Waals surface area contributed by atoms with Gasteiger partial charge in [-0.25, -0.2) is 4.98 Å². The molecule has 0 bridgehead atoms. The number of aromatic nitrogens is 1. The normalized spacial score (nSPS) is 11.4. The first-order chi connectivity index (χ1) is 18.0. The van der Waals surface area contributed by atoms with Gasteiger partial charge in [0.25, 0.3) is 5.91 Å². The predicted octanol–water partition coefficient (Wildman–Crippen LogP) is 4.87. The molecule has 7 nitrogen and oxygen atoms in total. The highest BCUT2D eigenvalue weighted by Crippen LogP contribution is 2.23. The minimum absolute atomic E-state index is 0.144. The topological polar surface area (TPSA) is 92.4 Å². The summed E-state index contributed by atoms with van der Waals surface area (Å²) in [6.07, 6.45) is 0. The minimum Gasteiger partial charge on any atom is -0.497 e. The fraction of sp³-hybridized carbons (Fsp3) is 0.207. The first-order valence-electron chi connectivity index (χ1n) is 12.0. The molecule has 1 unspecified atom stereocenters. The van der Waals surface area contributed by atoms with Crippen LogP contribution >= 0.6 is 11.3 Å². The van der Waals surface area contributed by atoms with Gasteiger partial charge in [-0.1, -0.05) is 42.5 Å². The molecule has 0 aliphatic heterocycles. The van der Waals surface area contributed by atoms with Crippen LogP contribution < -0.4 is 20.7 Å². The van der Waals surface area contributed by atoms with Gasteiger partial charge in [-0.2, -0.15) is 0 Å². The van der Waals surface area contributed by atoms with Crippen molar-refractivity contribution in [3.05, 3.63) is 100 Å². The fourth-order valence-corrected chi connectivity index (χ4v) is 4.51. The largest absolute Gasteiger partial charge is 0.497 e. The summed E-state index contributed by atoms with van der Waals surface area (Å²) in [4.78, 5) is 30.6. The second-order valence-electron chi connectivity index (χ2n) is 8.45. The van der Waals surface area contributed by atoms with E-state index in [1.807, 2.05) is 85.1 Å². The van der Waals surface area contributed by atoms with Gasteiger partial charge >= 0.3 is 0 Å². The number of carbonyl (C=O) groups is 2. The SMILES string of the molecule is COc1ccc(NCCNC(=O)C(CNC(=O)c2cccc(-c3csc(C)n3)c2)c2ccccc2)cc1. The molecule has 3 aromatic carbocycles. The Hall–Kier alpha value is -4.17. The Morgan fingerprint density at radius 2 is 1.73 bits per heavy atom. The molecule has 1 aromatic heterocycles. The maximum absolute atomic E-state index is 13.1. The lowest BCUT2D eigenvalue weighted by Crippen LogP contribution is -2.39. The van der Waals surface area contributed by atoms with Crippen LogP contribution in [0.4, 0.5) is 5.69 Å². The molecule has 0 spiro atoms. The van der Waals surface area contributed by atoms with Gasteiger partial charge in [0.2, 0.25) is 5.91 Å². The number of hydrogen-bond acceptors (Lipinski definition) is 6. The monoisotopic (exact) mass is 514 g/mol. The van der Waals surface area contributed by atoms with E-state index in [0.717, 1.165) is 33.3 Å². The quantitative estimate of drug-likeness (QED) is 0.249. The summed E-state index contributed by atoms with van der Waals surface area (Å²) in [6.45, 7) is 3.14. The van der Waals surface area contributed by atoms with Crippen LogP contribution in [-0.2, 0) is 4.79 Å². The van der Waals surface area contributed by atoms with Crippen molar-refractivity contribution in [2.75, 3.05) is 32.1 Å². The Labute approximate surface area is 220 Å². The van der Waals surface area contributed by atoms with E-state index in [1.165, 1.54) is 0 Å². The summed E-state index contributed by atoms with van der Waals surface area (Å²) in [7, 11) is 1.63. The summed E-state index contributed by atoms with van der Waals surface area (Å²) in [5.41, 5.74) is 4.05. The highest BCUT2D eigenvalue weighted by atomic mass is 32.1. The highest BCUT2D eigenvalue weighted by Gasteiger charge is 2.21. The number of ether oxygens (including phenoxy) is 1. The number of rotatable bonds is 11. The second kappa shape index (κ2) is 12.7. The molecule has 0 aliphatic rings. The third-order valence-corrected chi connectivity index (χ3v) is 6.64. The number of benzene rings is 3. The molecule has 0 fully saturated rings. The van der Waals surface area contributed by atoms with E-state index in [2.05, 4.69) is 20.9 Å². The molecule has 4 rings (SSSR count). The van der Waals surface area contributed by atoms with Crippen LogP contribution in [-0.4, -0.2) is 43.5 Å².